The second-order valence-corrected chi connectivity index (χ2v) is 2.20. The average Bonchev–Trinajstić information content (AvgIpc) is 1.82. The van der Waals surface area contributed by atoms with Gasteiger partial charge in [0.25, 0.3) is 0 Å². The quantitative estimate of drug-likeness (QED) is 0.366. The number of nitrogens with zero attached hydrogens (tertiary/aromatic N) is 2. The van der Waals surface area contributed by atoms with Gasteiger partial charge in [-0.1, -0.05) is 0 Å². The minimum Gasteiger partial charge on any atom is -0.385 e. The topological polar surface area (TPSA) is 103 Å². The van der Waals surface area contributed by atoms with Gasteiger partial charge in [-0.3, -0.25) is 0 Å². The van der Waals surface area contributed by atoms with Crippen molar-refractivity contribution in [3.63, 3.8) is 0 Å². The number of aliphatic imine (C=N–C) groups is 2. The summed E-state index contributed by atoms with van der Waals surface area (Å²) >= 11 is 4.62. The molecule has 54 valence electrons. The van der Waals surface area contributed by atoms with Crippen LogP contribution in [0.3, 0.4) is 0 Å². The lowest BCUT2D eigenvalue weighted by Crippen LogP contribution is -2.49. The van der Waals surface area contributed by atoms with Crippen LogP contribution < -0.4 is 17.2 Å². The first-order chi connectivity index (χ1) is 4.61. The summed E-state index contributed by atoms with van der Waals surface area (Å²) in [5.74, 6) is 0.440. The Bertz CT molecular complexity index is 208. The number of rotatable bonds is 0. The van der Waals surface area contributed by atoms with Gasteiger partial charge in [0.05, 0.1) is 0 Å². The highest BCUT2D eigenvalue weighted by atomic mass is 32.1. The number of nitrogens with two attached hydrogens (primary N) is 3. The van der Waals surface area contributed by atoms with E-state index >= 15 is 0 Å². The fraction of sp³-hybridized carbons (Fsp3) is 0.250. The molecule has 0 radical (unpaired) electrons. The maximum atomic E-state index is 5.41. The molecule has 0 aromatic rings. The van der Waals surface area contributed by atoms with Crippen molar-refractivity contribution in [1.82, 2.24) is 0 Å². The third kappa shape index (κ3) is 1.12. The lowest BCUT2D eigenvalue weighted by molar-refractivity contribution is 1.08. The molecule has 0 saturated heterocycles. The van der Waals surface area contributed by atoms with E-state index in [1.54, 1.807) is 0 Å². The summed E-state index contributed by atoms with van der Waals surface area (Å²) < 4.78 is 0. The summed E-state index contributed by atoms with van der Waals surface area (Å²) in [6.07, 6.45) is 0. The van der Waals surface area contributed by atoms with Gasteiger partial charge in [0, 0.05) is 0 Å². The van der Waals surface area contributed by atoms with E-state index < -0.39 is 6.04 Å². The minimum absolute atomic E-state index is 0.136. The fourth-order valence-electron chi connectivity index (χ4n) is 0.536. The normalized spacial score (nSPS) is 20.3. The predicted octanol–water partition coefficient (Wildman–Crippen LogP) is -1.67. The van der Waals surface area contributed by atoms with Crippen LogP contribution in [0.5, 0.6) is 0 Å². The van der Waals surface area contributed by atoms with Gasteiger partial charge in [-0.2, -0.15) is 0 Å². The minimum atomic E-state index is -0.577. The Hall–Kier alpha value is -1.01. The molecule has 0 atom stereocenters. The molecule has 0 saturated carbocycles. The van der Waals surface area contributed by atoms with Crippen LogP contribution in [0.15, 0.2) is 9.98 Å². The lowest BCUT2D eigenvalue weighted by atomic mass is 10.2. The molecular weight excluding hydrogens is 150 g/mol. The molecule has 1 aliphatic rings. The van der Waals surface area contributed by atoms with Crippen molar-refractivity contribution in [2.45, 2.75) is 6.04 Å². The summed E-state index contributed by atoms with van der Waals surface area (Å²) in [6.45, 7) is 0. The molecule has 0 fully saturated rings. The Morgan fingerprint density at radius 1 is 1.20 bits per heavy atom. The summed E-state index contributed by atoms with van der Waals surface area (Å²) in [5.41, 5.74) is 16.1. The summed E-state index contributed by atoms with van der Waals surface area (Å²) in [7, 11) is 0. The highest BCUT2D eigenvalue weighted by Gasteiger charge is 2.17. The molecule has 0 amide bonds. The van der Waals surface area contributed by atoms with E-state index in [1.807, 2.05) is 0 Å². The molecule has 0 spiro atoms. The first-order valence-electron chi connectivity index (χ1n) is 2.59. The predicted molar refractivity (Wildman–Crippen MR) is 43.8 cm³/mol. The number of amidine groups is 2. The van der Waals surface area contributed by atoms with Crippen LogP contribution in [-0.4, -0.2) is 22.8 Å². The zero-order chi connectivity index (χ0) is 7.72. The van der Waals surface area contributed by atoms with E-state index in [4.69, 9.17) is 17.2 Å². The molecule has 0 aromatic carbocycles. The van der Waals surface area contributed by atoms with Crippen molar-refractivity contribution in [3.8, 4) is 0 Å². The summed E-state index contributed by atoms with van der Waals surface area (Å²) in [5, 5.41) is 0.136. The molecule has 1 heterocycles. The second-order valence-electron chi connectivity index (χ2n) is 1.83. The zero-order valence-electron chi connectivity index (χ0n) is 5.11. The maximum Gasteiger partial charge on any atom is 0.222 e. The molecule has 1 aliphatic heterocycles. The fourth-order valence-corrected chi connectivity index (χ4v) is 0.747. The Labute approximate surface area is 63.0 Å². The van der Waals surface area contributed by atoms with Crippen LogP contribution in [0.1, 0.15) is 0 Å². The van der Waals surface area contributed by atoms with Gasteiger partial charge in [0.2, 0.25) is 5.11 Å². The smallest absolute Gasteiger partial charge is 0.222 e. The third-order valence-electron chi connectivity index (χ3n) is 1.09. The number of hydrogen-bond donors (Lipinski definition) is 3. The van der Waals surface area contributed by atoms with Crippen LogP contribution in [0.25, 0.3) is 0 Å². The van der Waals surface area contributed by atoms with Crippen LogP contribution in [0, 0.1) is 0 Å². The van der Waals surface area contributed by atoms with Crippen molar-refractivity contribution in [2.24, 2.45) is 27.2 Å². The van der Waals surface area contributed by atoms with E-state index in [0.29, 0.717) is 0 Å². The van der Waals surface area contributed by atoms with Crippen LogP contribution in [0.2, 0.25) is 0 Å². The molecule has 5 nitrogen and oxygen atoms in total. The first kappa shape index (κ1) is 7.10. The van der Waals surface area contributed by atoms with Crippen molar-refractivity contribution in [3.05, 3.63) is 0 Å². The molecule has 0 aliphatic carbocycles. The van der Waals surface area contributed by atoms with E-state index in [9.17, 15) is 0 Å². The van der Waals surface area contributed by atoms with E-state index in [0.717, 1.165) is 0 Å². The van der Waals surface area contributed by atoms with E-state index in [1.165, 1.54) is 0 Å². The van der Waals surface area contributed by atoms with Crippen molar-refractivity contribution in [1.29, 1.82) is 0 Å². The van der Waals surface area contributed by atoms with Crippen LogP contribution in [-0.2, 0) is 0 Å². The number of hydrogen-bond acceptors (Lipinski definition) is 4. The zero-order valence-corrected chi connectivity index (χ0v) is 5.93. The van der Waals surface area contributed by atoms with E-state index in [2.05, 4.69) is 22.2 Å². The Balaban J connectivity index is 2.93. The number of thiocarbonyl (C=S) groups is 1. The molecule has 0 bridgehead atoms. The standard InChI is InChI=1S/C4H7N5S/c5-1-2(6)8-4(10)9-3(1)7/h1H,5H2,(H4,6,7,8,9,10). The second kappa shape index (κ2) is 2.31. The summed E-state index contributed by atoms with van der Waals surface area (Å²) in [6, 6.07) is -0.577. The summed E-state index contributed by atoms with van der Waals surface area (Å²) in [4.78, 5) is 7.30. The highest BCUT2D eigenvalue weighted by molar-refractivity contribution is 7.80. The monoisotopic (exact) mass is 157 g/mol. The molecule has 1 rings (SSSR count). The molecule has 10 heavy (non-hydrogen) atoms. The van der Waals surface area contributed by atoms with Crippen molar-refractivity contribution >= 4 is 29.0 Å². The van der Waals surface area contributed by atoms with Gasteiger partial charge >= 0.3 is 0 Å². The lowest BCUT2D eigenvalue weighted by Gasteiger charge is -2.13. The Morgan fingerprint density at radius 2 is 1.60 bits per heavy atom. The molecule has 6 N–H and O–H groups in total. The first-order valence-corrected chi connectivity index (χ1v) is 2.99. The largest absolute Gasteiger partial charge is 0.385 e. The van der Waals surface area contributed by atoms with Gasteiger partial charge in [-0.25, -0.2) is 9.98 Å². The van der Waals surface area contributed by atoms with Crippen molar-refractivity contribution < 1.29 is 0 Å². The Kier molecular flexibility index (Phi) is 1.64. The molecule has 0 aromatic heterocycles. The highest BCUT2D eigenvalue weighted by Crippen LogP contribution is 1.94. The molecule has 0 unspecified atom stereocenters. The van der Waals surface area contributed by atoms with Crippen LogP contribution >= 0.6 is 12.2 Å². The molecular formula is C4H7N5S. The van der Waals surface area contributed by atoms with E-state index in [-0.39, 0.29) is 16.8 Å². The van der Waals surface area contributed by atoms with Gasteiger partial charge < -0.3 is 17.2 Å². The maximum absolute atomic E-state index is 5.41. The SMILES string of the molecule is NC1=NC(=S)N=C(N)C1N. The van der Waals surface area contributed by atoms with Gasteiger partial charge in [-0.15, -0.1) is 0 Å². The van der Waals surface area contributed by atoms with Gasteiger partial charge in [0.1, 0.15) is 17.7 Å². The third-order valence-corrected chi connectivity index (χ3v) is 1.27. The van der Waals surface area contributed by atoms with Gasteiger partial charge in [0.15, 0.2) is 0 Å². The van der Waals surface area contributed by atoms with Gasteiger partial charge in [-0.05, 0) is 12.2 Å². The van der Waals surface area contributed by atoms with Crippen LogP contribution in [0.4, 0.5) is 0 Å². The average molecular weight is 157 g/mol. The molecule has 6 heteroatoms. The van der Waals surface area contributed by atoms with Crippen molar-refractivity contribution in [2.75, 3.05) is 0 Å². The Morgan fingerprint density at radius 3 is 2.00 bits per heavy atom.